The average molecular weight is 517 g/mol. The molecule has 3 aromatic carbocycles. The summed E-state index contributed by atoms with van der Waals surface area (Å²) in [4.78, 5) is 4.82. The summed E-state index contributed by atoms with van der Waals surface area (Å²) in [7, 11) is 0. The summed E-state index contributed by atoms with van der Waals surface area (Å²) in [5.41, 5.74) is 5.13. The molecular formula is C28H22BrFN2O2. The highest BCUT2D eigenvalue weighted by atomic mass is 79.9. The number of benzene rings is 3. The van der Waals surface area contributed by atoms with Crippen LogP contribution in [0.2, 0.25) is 0 Å². The van der Waals surface area contributed by atoms with E-state index in [0.717, 1.165) is 33.8 Å². The van der Waals surface area contributed by atoms with Gasteiger partial charge < -0.3 is 13.9 Å². The summed E-state index contributed by atoms with van der Waals surface area (Å²) in [6.45, 7) is 2.61. The SMILES string of the molecule is Cc1cc(-c2cn3cccc(OCc4ccccc4)c3n2)ccc1OCc1ccc(Br)cc1F. The van der Waals surface area contributed by atoms with E-state index >= 15 is 0 Å². The van der Waals surface area contributed by atoms with Gasteiger partial charge in [-0.05, 0) is 60.5 Å². The van der Waals surface area contributed by atoms with Crippen molar-refractivity contribution in [3.63, 3.8) is 0 Å². The summed E-state index contributed by atoms with van der Waals surface area (Å²) in [5, 5.41) is 0. The van der Waals surface area contributed by atoms with E-state index in [1.165, 1.54) is 6.07 Å². The van der Waals surface area contributed by atoms with Crippen LogP contribution >= 0.6 is 15.9 Å². The third kappa shape index (κ3) is 4.82. The second kappa shape index (κ2) is 9.69. The van der Waals surface area contributed by atoms with Crippen LogP contribution in [0, 0.1) is 12.7 Å². The molecule has 2 heterocycles. The number of aryl methyl sites for hydroxylation is 1. The van der Waals surface area contributed by atoms with Gasteiger partial charge in [0.1, 0.15) is 24.8 Å². The quantitative estimate of drug-likeness (QED) is 0.226. The van der Waals surface area contributed by atoms with Crippen LogP contribution in [0.3, 0.4) is 0 Å². The molecule has 0 unspecified atom stereocenters. The lowest BCUT2D eigenvalue weighted by Gasteiger charge is -2.11. The molecule has 0 atom stereocenters. The molecule has 0 aliphatic carbocycles. The van der Waals surface area contributed by atoms with Crippen molar-refractivity contribution < 1.29 is 13.9 Å². The van der Waals surface area contributed by atoms with Crippen molar-refractivity contribution in [2.45, 2.75) is 20.1 Å². The maximum Gasteiger partial charge on any atom is 0.180 e. The molecule has 0 fully saturated rings. The van der Waals surface area contributed by atoms with E-state index < -0.39 is 0 Å². The van der Waals surface area contributed by atoms with Gasteiger partial charge in [0.15, 0.2) is 11.4 Å². The molecule has 0 saturated carbocycles. The van der Waals surface area contributed by atoms with Crippen LogP contribution in [-0.2, 0) is 13.2 Å². The number of hydrogen-bond donors (Lipinski definition) is 0. The van der Waals surface area contributed by atoms with Crippen molar-refractivity contribution in [2.24, 2.45) is 0 Å². The Balaban J connectivity index is 1.34. The zero-order valence-corrected chi connectivity index (χ0v) is 20.1. The zero-order chi connectivity index (χ0) is 23.5. The highest BCUT2D eigenvalue weighted by Crippen LogP contribution is 2.29. The molecule has 0 radical (unpaired) electrons. The molecule has 6 heteroatoms. The van der Waals surface area contributed by atoms with Gasteiger partial charge >= 0.3 is 0 Å². The second-order valence-corrected chi connectivity index (χ2v) is 8.92. The molecule has 5 rings (SSSR count). The topological polar surface area (TPSA) is 35.8 Å². The fraction of sp³-hybridized carbons (Fsp3) is 0.107. The number of rotatable bonds is 7. The van der Waals surface area contributed by atoms with Crippen molar-refractivity contribution >= 4 is 21.6 Å². The number of imidazole rings is 1. The fourth-order valence-corrected chi connectivity index (χ4v) is 4.07. The molecule has 34 heavy (non-hydrogen) atoms. The van der Waals surface area contributed by atoms with Crippen molar-refractivity contribution in [1.29, 1.82) is 0 Å². The molecule has 0 aliphatic rings. The van der Waals surface area contributed by atoms with Gasteiger partial charge in [0.2, 0.25) is 0 Å². The highest BCUT2D eigenvalue weighted by molar-refractivity contribution is 9.10. The molecular weight excluding hydrogens is 495 g/mol. The summed E-state index contributed by atoms with van der Waals surface area (Å²) >= 11 is 3.27. The molecule has 5 aromatic rings. The molecule has 0 aliphatic heterocycles. The third-order valence-corrected chi connectivity index (χ3v) is 6.05. The van der Waals surface area contributed by atoms with Crippen molar-refractivity contribution in [3.8, 4) is 22.8 Å². The van der Waals surface area contributed by atoms with Gasteiger partial charge in [-0.2, -0.15) is 0 Å². The molecule has 0 spiro atoms. The Labute approximate surface area is 205 Å². The smallest absolute Gasteiger partial charge is 0.180 e. The highest BCUT2D eigenvalue weighted by Gasteiger charge is 2.12. The first-order valence-corrected chi connectivity index (χ1v) is 11.7. The maximum atomic E-state index is 14.1. The minimum atomic E-state index is -0.293. The lowest BCUT2D eigenvalue weighted by atomic mass is 10.1. The van der Waals surface area contributed by atoms with Crippen LogP contribution in [0.25, 0.3) is 16.9 Å². The van der Waals surface area contributed by atoms with E-state index in [4.69, 9.17) is 14.5 Å². The number of nitrogens with zero attached hydrogens (tertiary/aromatic N) is 2. The van der Waals surface area contributed by atoms with Crippen LogP contribution in [0.15, 0.2) is 95.7 Å². The summed E-state index contributed by atoms with van der Waals surface area (Å²) in [6, 6.07) is 24.8. The first kappa shape index (κ1) is 22.2. The van der Waals surface area contributed by atoms with Gasteiger partial charge in [-0.1, -0.05) is 52.3 Å². The largest absolute Gasteiger partial charge is 0.489 e. The minimum Gasteiger partial charge on any atom is -0.489 e. The molecule has 2 aromatic heterocycles. The Hall–Kier alpha value is -3.64. The van der Waals surface area contributed by atoms with Crippen LogP contribution in [-0.4, -0.2) is 9.38 Å². The van der Waals surface area contributed by atoms with Crippen LogP contribution < -0.4 is 9.47 Å². The average Bonchev–Trinajstić information content (AvgIpc) is 3.29. The minimum absolute atomic E-state index is 0.162. The van der Waals surface area contributed by atoms with Gasteiger partial charge in [0, 0.05) is 28.0 Å². The lowest BCUT2D eigenvalue weighted by molar-refractivity contribution is 0.298. The zero-order valence-electron chi connectivity index (χ0n) is 18.5. The van der Waals surface area contributed by atoms with Crippen molar-refractivity contribution in [3.05, 3.63) is 118 Å². The third-order valence-electron chi connectivity index (χ3n) is 5.55. The van der Waals surface area contributed by atoms with Crippen molar-refractivity contribution in [2.75, 3.05) is 0 Å². The summed E-state index contributed by atoms with van der Waals surface area (Å²) < 4.78 is 28.7. The lowest BCUT2D eigenvalue weighted by Crippen LogP contribution is -2.00. The number of halogens is 2. The predicted octanol–water partition coefficient (Wildman–Crippen LogP) is 7.37. The normalized spacial score (nSPS) is 11.0. The number of fused-ring (bicyclic) bond motifs is 1. The molecule has 0 N–H and O–H groups in total. The van der Waals surface area contributed by atoms with E-state index in [-0.39, 0.29) is 12.4 Å². The molecule has 0 amide bonds. The number of aromatic nitrogens is 2. The van der Waals surface area contributed by atoms with E-state index in [1.54, 1.807) is 12.1 Å². The second-order valence-electron chi connectivity index (χ2n) is 8.01. The van der Waals surface area contributed by atoms with E-state index in [0.29, 0.717) is 22.4 Å². The number of hydrogen-bond acceptors (Lipinski definition) is 3. The predicted molar refractivity (Wildman–Crippen MR) is 135 cm³/mol. The van der Waals surface area contributed by atoms with Gasteiger partial charge in [-0.25, -0.2) is 9.37 Å². The molecule has 170 valence electrons. The Kier molecular flexibility index (Phi) is 6.32. The van der Waals surface area contributed by atoms with Gasteiger partial charge in [0.05, 0.1) is 5.69 Å². The van der Waals surface area contributed by atoms with E-state index in [9.17, 15) is 4.39 Å². The van der Waals surface area contributed by atoms with Crippen LogP contribution in [0.5, 0.6) is 11.5 Å². The summed E-state index contributed by atoms with van der Waals surface area (Å²) in [6.07, 6.45) is 3.94. The standard InChI is InChI=1S/C28H22BrFN2O2/c1-19-14-21(10-12-26(19)34-18-22-9-11-23(29)15-24(22)30)25-16-32-13-5-8-27(28(32)31-25)33-17-20-6-3-2-4-7-20/h2-16H,17-18H2,1H3. The van der Waals surface area contributed by atoms with E-state index in [2.05, 4.69) is 15.9 Å². The van der Waals surface area contributed by atoms with Crippen molar-refractivity contribution in [1.82, 2.24) is 9.38 Å². The Bertz CT molecular complexity index is 1450. The first-order chi connectivity index (χ1) is 16.6. The monoisotopic (exact) mass is 516 g/mol. The van der Waals surface area contributed by atoms with E-state index in [1.807, 2.05) is 84.4 Å². The van der Waals surface area contributed by atoms with Crippen LogP contribution in [0.4, 0.5) is 4.39 Å². The van der Waals surface area contributed by atoms with Gasteiger partial charge in [0.25, 0.3) is 0 Å². The van der Waals surface area contributed by atoms with Gasteiger partial charge in [-0.3, -0.25) is 0 Å². The summed E-state index contributed by atoms with van der Waals surface area (Å²) in [5.74, 6) is 1.14. The Morgan fingerprint density at radius 1 is 0.882 bits per heavy atom. The van der Waals surface area contributed by atoms with Gasteiger partial charge in [-0.15, -0.1) is 0 Å². The number of pyridine rings is 1. The molecule has 0 saturated heterocycles. The first-order valence-electron chi connectivity index (χ1n) is 10.9. The fourth-order valence-electron chi connectivity index (χ4n) is 3.74. The molecule has 4 nitrogen and oxygen atoms in total. The number of ether oxygens (including phenoxy) is 2. The Morgan fingerprint density at radius 2 is 1.71 bits per heavy atom. The Morgan fingerprint density at radius 3 is 2.50 bits per heavy atom. The van der Waals surface area contributed by atoms with Crippen LogP contribution in [0.1, 0.15) is 16.7 Å². The maximum absolute atomic E-state index is 14.1. The molecule has 0 bridgehead atoms.